The fourth-order valence-electron chi connectivity index (χ4n) is 2.71. The first-order valence-corrected chi connectivity index (χ1v) is 7.74. The molecule has 0 saturated heterocycles. The smallest absolute Gasteiger partial charge is 0.262 e. The van der Waals surface area contributed by atoms with Gasteiger partial charge in [0.2, 0.25) is 0 Å². The number of aromatic nitrogens is 3. The van der Waals surface area contributed by atoms with Gasteiger partial charge >= 0.3 is 0 Å². The van der Waals surface area contributed by atoms with E-state index in [0.29, 0.717) is 5.75 Å². The SMILES string of the molecule is Cc1nn(C)c(C)c1OCC(=O)Nc1ccc(C)c2ncccc12. The molecule has 2 heterocycles. The van der Waals surface area contributed by atoms with Crippen molar-refractivity contribution in [2.24, 2.45) is 7.05 Å². The molecule has 0 unspecified atom stereocenters. The first kappa shape index (κ1) is 16.0. The van der Waals surface area contributed by atoms with Crippen molar-refractivity contribution in [2.45, 2.75) is 20.8 Å². The number of benzene rings is 1. The molecule has 2 aromatic heterocycles. The Morgan fingerprint density at radius 3 is 2.75 bits per heavy atom. The summed E-state index contributed by atoms with van der Waals surface area (Å²) >= 11 is 0. The molecule has 3 rings (SSSR count). The Balaban J connectivity index is 1.75. The minimum Gasteiger partial charge on any atom is -0.480 e. The van der Waals surface area contributed by atoms with Gasteiger partial charge in [-0.15, -0.1) is 0 Å². The van der Waals surface area contributed by atoms with Gasteiger partial charge in [0.05, 0.1) is 16.9 Å². The topological polar surface area (TPSA) is 69.0 Å². The summed E-state index contributed by atoms with van der Waals surface area (Å²) in [4.78, 5) is 16.6. The molecule has 6 heteroatoms. The van der Waals surface area contributed by atoms with Crippen LogP contribution in [-0.2, 0) is 11.8 Å². The molecule has 0 fully saturated rings. The second-order valence-corrected chi connectivity index (χ2v) is 5.79. The predicted molar refractivity (Wildman–Crippen MR) is 93.3 cm³/mol. The van der Waals surface area contributed by atoms with E-state index >= 15 is 0 Å². The minimum atomic E-state index is -0.216. The number of fused-ring (bicyclic) bond motifs is 1. The highest BCUT2D eigenvalue weighted by Gasteiger charge is 2.13. The maximum atomic E-state index is 12.3. The molecule has 0 saturated carbocycles. The summed E-state index contributed by atoms with van der Waals surface area (Å²) in [7, 11) is 1.85. The van der Waals surface area contributed by atoms with Crippen molar-refractivity contribution in [3.63, 3.8) is 0 Å². The van der Waals surface area contributed by atoms with E-state index in [2.05, 4.69) is 15.4 Å². The van der Waals surface area contributed by atoms with Crippen LogP contribution >= 0.6 is 0 Å². The Labute approximate surface area is 140 Å². The van der Waals surface area contributed by atoms with Crippen molar-refractivity contribution in [1.82, 2.24) is 14.8 Å². The monoisotopic (exact) mass is 324 g/mol. The number of carbonyl (C=O) groups is 1. The van der Waals surface area contributed by atoms with Gasteiger partial charge in [0.1, 0.15) is 5.69 Å². The van der Waals surface area contributed by atoms with E-state index in [4.69, 9.17) is 4.74 Å². The molecule has 0 aliphatic heterocycles. The normalized spacial score (nSPS) is 10.8. The van der Waals surface area contributed by atoms with Crippen LogP contribution in [0, 0.1) is 20.8 Å². The fraction of sp³-hybridized carbons (Fsp3) is 0.278. The van der Waals surface area contributed by atoms with Gasteiger partial charge in [-0.25, -0.2) is 0 Å². The van der Waals surface area contributed by atoms with E-state index in [1.165, 1.54) is 0 Å². The van der Waals surface area contributed by atoms with Gasteiger partial charge < -0.3 is 10.1 Å². The van der Waals surface area contributed by atoms with Crippen LogP contribution in [0.3, 0.4) is 0 Å². The molecule has 0 radical (unpaired) electrons. The molecule has 6 nitrogen and oxygen atoms in total. The third-order valence-corrected chi connectivity index (χ3v) is 4.04. The molecule has 1 aromatic carbocycles. The number of rotatable bonds is 4. The van der Waals surface area contributed by atoms with Gasteiger partial charge in [-0.3, -0.25) is 14.5 Å². The summed E-state index contributed by atoms with van der Waals surface area (Å²) in [5.74, 6) is 0.440. The van der Waals surface area contributed by atoms with Crippen molar-refractivity contribution in [1.29, 1.82) is 0 Å². The lowest BCUT2D eigenvalue weighted by atomic mass is 10.1. The van der Waals surface area contributed by atoms with Crippen LogP contribution in [-0.4, -0.2) is 27.3 Å². The lowest BCUT2D eigenvalue weighted by Gasteiger charge is -2.11. The number of aryl methyl sites for hydroxylation is 3. The number of nitrogens with zero attached hydrogens (tertiary/aromatic N) is 3. The van der Waals surface area contributed by atoms with Gasteiger partial charge in [-0.2, -0.15) is 5.10 Å². The Kier molecular flexibility index (Phi) is 4.20. The number of ether oxygens (including phenoxy) is 1. The third kappa shape index (κ3) is 2.95. The van der Waals surface area contributed by atoms with Crippen molar-refractivity contribution < 1.29 is 9.53 Å². The highest BCUT2D eigenvalue weighted by atomic mass is 16.5. The molecule has 0 aliphatic rings. The molecule has 0 aliphatic carbocycles. The predicted octanol–water partition coefficient (Wildman–Crippen LogP) is 2.91. The Bertz CT molecular complexity index is 915. The van der Waals surface area contributed by atoms with Gasteiger partial charge in [0.15, 0.2) is 12.4 Å². The number of amides is 1. The average molecular weight is 324 g/mol. The Hall–Kier alpha value is -2.89. The zero-order valence-electron chi connectivity index (χ0n) is 14.3. The molecule has 0 spiro atoms. The largest absolute Gasteiger partial charge is 0.480 e. The lowest BCUT2D eigenvalue weighted by molar-refractivity contribution is -0.118. The van der Waals surface area contributed by atoms with Crippen LogP contribution in [0.25, 0.3) is 10.9 Å². The summed E-state index contributed by atoms with van der Waals surface area (Å²) in [5.41, 5.74) is 4.35. The summed E-state index contributed by atoms with van der Waals surface area (Å²) in [6, 6.07) is 7.64. The summed E-state index contributed by atoms with van der Waals surface area (Å²) in [5, 5.41) is 8.09. The van der Waals surface area contributed by atoms with Crippen LogP contribution < -0.4 is 10.1 Å². The van der Waals surface area contributed by atoms with Crippen molar-refractivity contribution >= 4 is 22.5 Å². The molecular formula is C18H20N4O2. The second-order valence-electron chi connectivity index (χ2n) is 5.79. The maximum Gasteiger partial charge on any atom is 0.262 e. The van der Waals surface area contributed by atoms with Crippen LogP contribution in [0.4, 0.5) is 5.69 Å². The Morgan fingerprint density at radius 1 is 1.25 bits per heavy atom. The quantitative estimate of drug-likeness (QED) is 0.801. The maximum absolute atomic E-state index is 12.3. The molecule has 3 aromatic rings. The second kappa shape index (κ2) is 6.31. The van der Waals surface area contributed by atoms with Gasteiger partial charge in [-0.1, -0.05) is 6.07 Å². The van der Waals surface area contributed by atoms with Crippen molar-refractivity contribution in [3.8, 4) is 5.75 Å². The minimum absolute atomic E-state index is 0.0665. The lowest BCUT2D eigenvalue weighted by Crippen LogP contribution is -2.20. The van der Waals surface area contributed by atoms with Gasteiger partial charge in [0, 0.05) is 18.6 Å². The van der Waals surface area contributed by atoms with E-state index in [-0.39, 0.29) is 12.5 Å². The molecule has 24 heavy (non-hydrogen) atoms. The number of pyridine rings is 1. The summed E-state index contributed by atoms with van der Waals surface area (Å²) in [6.07, 6.45) is 1.75. The van der Waals surface area contributed by atoms with Crippen LogP contribution in [0.15, 0.2) is 30.5 Å². The third-order valence-electron chi connectivity index (χ3n) is 4.04. The van der Waals surface area contributed by atoms with Crippen LogP contribution in [0.2, 0.25) is 0 Å². The highest BCUT2D eigenvalue weighted by molar-refractivity contribution is 6.02. The zero-order chi connectivity index (χ0) is 17.3. The van der Waals surface area contributed by atoms with Crippen LogP contribution in [0.5, 0.6) is 5.75 Å². The molecule has 1 N–H and O–H groups in total. The summed E-state index contributed by atoms with van der Waals surface area (Å²) < 4.78 is 7.39. The first-order valence-electron chi connectivity index (χ1n) is 7.74. The van der Waals surface area contributed by atoms with E-state index in [0.717, 1.165) is 33.5 Å². The highest BCUT2D eigenvalue weighted by Crippen LogP contribution is 2.25. The van der Waals surface area contributed by atoms with E-state index < -0.39 is 0 Å². The number of hydrogen-bond donors (Lipinski definition) is 1. The van der Waals surface area contributed by atoms with Crippen molar-refractivity contribution in [2.75, 3.05) is 11.9 Å². The van der Waals surface area contributed by atoms with E-state index in [9.17, 15) is 4.79 Å². The van der Waals surface area contributed by atoms with Crippen LogP contribution in [0.1, 0.15) is 17.0 Å². The molecule has 0 atom stereocenters. The first-order chi connectivity index (χ1) is 11.5. The summed E-state index contributed by atoms with van der Waals surface area (Å²) in [6.45, 7) is 5.70. The number of carbonyl (C=O) groups excluding carboxylic acids is 1. The number of hydrogen-bond acceptors (Lipinski definition) is 4. The Morgan fingerprint density at radius 2 is 2.04 bits per heavy atom. The fourth-order valence-corrected chi connectivity index (χ4v) is 2.71. The number of anilines is 1. The van der Waals surface area contributed by atoms with E-state index in [1.807, 2.05) is 52.1 Å². The van der Waals surface area contributed by atoms with Crippen molar-refractivity contribution in [3.05, 3.63) is 47.4 Å². The number of nitrogens with one attached hydrogen (secondary N) is 1. The van der Waals surface area contributed by atoms with Gasteiger partial charge in [-0.05, 0) is 44.5 Å². The zero-order valence-corrected chi connectivity index (χ0v) is 14.3. The molecule has 1 amide bonds. The molecule has 124 valence electrons. The molecular weight excluding hydrogens is 304 g/mol. The average Bonchev–Trinajstić information content (AvgIpc) is 2.81. The molecule has 0 bridgehead atoms. The van der Waals surface area contributed by atoms with E-state index in [1.54, 1.807) is 10.9 Å². The van der Waals surface area contributed by atoms with Gasteiger partial charge in [0.25, 0.3) is 5.91 Å². The standard InChI is InChI=1S/C18H20N4O2/c1-11-7-8-15(14-6-5-9-19-17(11)14)20-16(23)10-24-18-12(2)21-22(4)13(18)3/h5-9H,10H2,1-4H3,(H,20,23).